The molecule has 2 aromatic rings. The molecule has 3 rings (SSSR count). The molecule has 0 fully saturated rings. The maximum atomic E-state index is 13.1. The molecule has 0 unspecified atom stereocenters. The van der Waals surface area contributed by atoms with Crippen LogP contribution in [-0.4, -0.2) is 12.5 Å². The van der Waals surface area contributed by atoms with Gasteiger partial charge in [0.1, 0.15) is 0 Å². The highest BCUT2D eigenvalue weighted by atomic mass is 16.2. The van der Waals surface area contributed by atoms with Crippen molar-refractivity contribution < 1.29 is 4.79 Å². The van der Waals surface area contributed by atoms with E-state index >= 15 is 0 Å². The van der Waals surface area contributed by atoms with Gasteiger partial charge in [-0.25, -0.2) is 0 Å². The molecule has 126 valence electrons. The first-order valence-electron chi connectivity index (χ1n) is 8.84. The van der Waals surface area contributed by atoms with E-state index in [2.05, 4.69) is 58.0 Å². The molecule has 1 aliphatic rings. The average Bonchev–Trinajstić information content (AvgIpc) is 2.52. The highest BCUT2D eigenvalue weighted by Gasteiger charge is 2.24. The van der Waals surface area contributed by atoms with Crippen LogP contribution in [0.25, 0.3) is 0 Å². The number of nitrogens with zero attached hydrogens (tertiary/aromatic N) is 1. The minimum absolute atomic E-state index is 0.121. The van der Waals surface area contributed by atoms with Gasteiger partial charge in [0.2, 0.25) is 0 Å². The fourth-order valence-electron chi connectivity index (χ4n) is 3.52. The second kappa shape index (κ2) is 6.43. The molecule has 0 saturated carbocycles. The zero-order chi connectivity index (χ0) is 17.3. The van der Waals surface area contributed by atoms with E-state index in [1.54, 1.807) is 0 Å². The monoisotopic (exact) mass is 321 g/mol. The third-order valence-corrected chi connectivity index (χ3v) is 4.51. The Kier molecular flexibility index (Phi) is 4.49. The first kappa shape index (κ1) is 16.8. The Labute approximate surface area is 145 Å². The van der Waals surface area contributed by atoms with Gasteiger partial charge in [0.15, 0.2) is 0 Å². The molecule has 0 spiro atoms. The zero-order valence-corrected chi connectivity index (χ0v) is 15.2. The molecule has 2 nitrogen and oxygen atoms in total. The molecule has 1 amide bonds. The van der Waals surface area contributed by atoms with Crippen molar-refractivity contribution in [1.82, 2.24) is 0 Å². The Morgan fingerprint density at radius 2 is 1.92 bits per heavy atom. The lowest BCUT2D eigenvalue weighted by atomic mass is 9.87. The van der Waals surface area contributed by atoms with Gasteiger partial charge < -0.3 is 4.90 Å². The topological polar surface area (TPSA) is 20.3 Å². The van der Waals surface area contributed by atoms with Crippen LogP contribution in [-0.2, 0) is 12.8 Å². The smallest absolute Gasteiger partial charge is 0.258 e. The lowest BCUT2D eigenvalue weighted by molar-refractivity contribution is 0.0985. The summed E-state index contributed by atoms with van der Waals surface area (Å²) in [7, 11) is 0. The summed E-state index contributed by atoms with van der Waals surface area (Å²) in [5, 5.41) is 0. The molecule has 1 heterocycles. The molecule has 2 heteroatoms. The van der Waals surface area contributed by atoms with Crippen LogP contribution >= 0.6 is 0 Å². The van der Waals surface area contributed by atoms with Gasteiger partial charge in [-0.1, -0.05) is 50.6 Å². The predicted molar refractivity (Wildman–Crippen MR) is 101 cm³/mol. The fraction of sp³-hybridized carbons (Fsp3) is 0.409. The molecule has 0 N–H and O–H groups in total. The third kappa shape index (κ3) is 3.69. The fourth-order valence-corrected chi connectivity index (χ4v) is 3.52. The molecule has 0 aliphatic carbocycles. The molecule has 0 radical (unpaired) electrons. The van der Waals surface area contributed by atoms with Crippen molar-refractivity contribution in [3.8, 4) is 0 Å². The van der Waals surface area contributed by atoms with Crippen LogP contribution in [0.4, 0.5) is 5.69 Å². The van der Waals surface area contributed by atoms with Crippen LogP contribution in [0, 0.1) is 12.3 Å². The SMILES string of the molecule is Cc1ccc2c(c1)CCCN2C(=O)c1cccc(CC(C)(C)C)c1. The number of benzene rings is 2. The van der Waals surface area contributed by atoms with E-state index in [9.17, 15) is 4.79 Å². The van der Waals surface area contributed by atoms with E-state index in [-0.39, 0.29) is 11.3 Å². The Balaban J connectivity index is 1.89. The van der Waals surface area contributed by atoms with Crippen LogP contribution in [0.15, 0.2) is 42.5 Å². The first-order chi connectivity index (χ1) is 11.3. The molecule has 0 saturated heterocycles. The Bertz CT molecular complexity index is 755. The van der Waals surface area contributed by atoms with E-state index in [1.165, 1.54) is 16.7 Å². The van der Waals surface area contributed by atoms with Crippen LogP contribution < -0.4 is 4.90 Å². The van der Waals surface area contributed by atoms with Gasteiger partial charge in [0.05, 0.1) is 0 Å². The second-order valence-electron chi connectivity index (χ2n) is 8.13. The molecule has 0 atom stereocenters. The molecule has 0 bridgehead atoms. The van der Waals surface area contributed by atoms with Crippen LogP contribution in [0.3, 0.4) is 0 Å². The molecule has 2 aromatic carbocycles. The molecule has 1 aliphatic heterocycles. The van der Waals surface area contributed by atoms with Crippen LogP contribution in [0.2, 0.25) is 0 Å². The van der Waals surface area contributed by atoms with Gasteiger partial charge >= 0.3 is 0 Å². The van der Waals surface area contributed by atoms with Gasteiger partial charge in [-0.15, -0.1) is 0 Å². The van der Waals surface area contributed by atoms with E-state index in [4.69, 9.17) is 0 Å². The van der Waals surface area contributed by atoms with Crippen molar-refractivity contribution in [2.24, 2.45) is 5.41 Å². The number of amides is 1. The van der Waals surface area contributed by atoms with Crippen LogP contribution in [0.5, 0.6) is 0 Å². The quantitative estimate of drug-likeness (QED) is 0.746. The Morgan fingerprint density at radius 1 is 1.12 bits per heavy atom. The summed E-state index contributed by atoms with van der Waals surface area (Å²) in [6.07, 6.45) is 3.07. The summed E-state index contributed by atoms with van der Waals surface area (Å²) in [5.74, 6) is 0.121. The summed E-state index contributed by atoms with van der Waals surface area (Å²) in [4.78, 5) is 15.0. The summed E-state index contributed by atoms with van der Waals surface area (Å²) < 4.78 is 0. The molecule has 24 heavy (non-hydrogen) atoms. The number of fused-ring (bicyclic) bond motifs is 1. The van der Waals surface area contributed by atoms with Gasteiger partial charge in [-0.3, -0.25) is 4.79 Å². The van der Waals surface area contributed by atoms with Gasteiger partial charge in [0.25, 0.3) is 5.91 Å². The van der Waals surface area contributed by atoms with Crippen molar-refractivity contribution in [1.29, 1.82) is 0 Å². The summed E-state index contributed by atoms with van der Waals surface area (Å²) in [6, 6.07) is 14.5. The first-order valence-corrected chi connectivity index (χ1v) is 8.84. The number of hydrogen-bond donors (Lipinski definition) is 0. The third-order valence-electron chi connectivity index (χ3n) is 4.51. The maximum Gasteiger partial charge on any atom is 0.258 e. The maximum absolute atomic E-state index is 13.1. The Hall–Kier alpha value is -2.09. The van der Waals surface area contributed by atoms with E-state index < -0.39 is 0 Å². The molecule has 0 aromatic heterocycles. The number of carbonyl (C=O) groups is 1. The zero-order valence-electron chi connectivity index (χ0n) is 15.2. The van der Waals surface area contributed by atoms with E-state index in [0.29, 0.717) is 0 Å². The van der Waals surface area contributed by atoms with E-state index in [1.807, 2.05) is 17.0 Å². The summed E-state index contributed by atoms with van der Waals surface area (Å²) in [5.41, 5.74) is 5.88. The number of aryl methyl sites for hydroxylation is 2. The highest BCUT2D eigenvalue weighted by Crippen LogP contribution is 2.29. The minimum Gasteiger partial charge on any atom is -0.308 e. The van der Waals surface area contributed by atoms with Gasteiger partial charge in [-0.2, -0.15) is 0 Å². The second-order valence-corrected chi connectivity index (χ2v) is 8.13. The van der Waals surface area contributed by atoms with Crippen molar-refractivity contribution in [2.45, 2.75) is 47.0 Å². The van der Waals surface area contributed by atoms with Crippen molar-refractivity contribution in [3.05, 3.63) is 64.7 Å². The number of hydrogen-bond acceptors (Lipinski definition) is 1. The van der Waals surface area contributed by atoms with Gasteiger partial charge in [0, 0.05) is 17.8 Å². The average molecular weight is 321 g/mol. The standard InChI is InChI=1S/C22H27NO/c1-16-10-11-20-18(13-16)9-6-12-23(20)21(24)19-8-5-7-17(14-19)15-22(2,3)4/h5,7-8,10-11,13-14H,6,9,12,15H2,1-4H3. The molecular weight excluding hydrogens is 294 g/mol. The normalized spacial score (nSPS) is 14.4. The molecular formula is C22H27NO. The Morgan fingerprint density at radius 3 is 2.67 bits per heavy atom. The van der Waals surface area contributed by atoms with Crippen molar-refractivity contribution in [2.75, 3.05) is 11.4 Å². The van der Waals surface area contributed by atoms with Gasteiger partial charge in [-0.05, 0) is 60.9 Å². The van der Waals surface area contributed by atoms with Crippen molar-refractivity contribution >= 4 is 11.6 Å². The predicted octanol–water partition coefficient (Wildman–Crippen LogP) is 5.18. The summed E-state index contributed by atoms with van der Waals surface area (Å²) in [6.45, 7) is 9.59. The minimum atomic E-state index is 0.121. The van der Waals surface area contributed by atoms with E-state index in [0.717, 1.165) is 37.1 Å². The number of rotatable bonds is 2. The lowest BCUT2D eigenvalue weighted by Gasteiger charge is -2.30. The highest BCUT2D eigenvalue weighted by molar-refractivity contribution is 6.06. The largest absolute Gasteiger partial charge is 0.308 e. The summed E-state index contributed by atoms with van der Waals surface area (Å²) >= 11 is 0. The van der Waals surface area contributed by atoms with Crippen LogP contribution in [0.1, 0.15) is 54.2 Å². The number of carbonyl (C=O) groups excluding carboxylic acids is 1. The van der Waals surface area contributed by atoms with Crippen molar-refractivity contribution in [3.63, 3.8) is 0 Å². The lowest BCUT2D eigenvalue weighted by Crippen LogP contribution is -2.35. The number of anilines is 1.